The van der Waals surface area contributed by atoms with Crippen molar-refractivity contribution in [2.45, 2.75) is 24.7 Å². The van der Waals surface area contributed by atoms with E-state index in [-0.39, 0.29) is 4.90 Å². The maximum Gasteiger partial charge on any atom is 0.334 e. The van der Waals surface area contributed by atoms with Crippen LogP contribution >= 0.6 is 11.3 Å². The SMILES string of the molecule is Cc1c(S(=O)(=O)N2CCCc3ccccc32)csc1-n1c(=O)[nH]c2ccccc2c1=O. The summed E-state index contributed by atoms with van der Waals surface area (Å²) in [7, 11) is -3.85. The van der Waals surface area contributed by atoms with Crippen LogP contribution in [0.4, 0.5) is 5.69 Å². The van der Waals surface area contributed by atoms with E-state index in [4.69, 9.17) is 0 Å². The number of aromatic amines is 1. The molecule has 158 valence electrons. The van der Waals surface area contributed by atoms with Gasteiger partial charge < -0.3 is 4.98 Å². The molecule has 3 heterocycles. The molecule has 0 saturated carbocycles. The summed E-state index contributed by atoms with van der Waals surface area (Å²) in [5.74, 6) is 0. The van der Waals surface area contributed by atoms with Crippen LogP contribution in [0.3, 0.4) is 0 Å². The van der Waals surface area contributed by atoms with Crippen LogP contribution in [-0.2, 0) is 16.4 Å². The van der Waals surface area contributed by atoms with E-state index in [1.165, 1.54) is 9.69 Å². The van der Waals surface area contributed by atoms with Gasteiger partial charge in [-0.3, -0.25) is 9.10 Å². The topological polar surface area (TPSA) is 92.2 Å². The molecule has 2 aromatic carbocycles. The number of rotatable bonds is 3. The van der Waals surface area contributed by atoms with Gasteiger partial charge in [0.05, 0.1) is 16.6 Å². The minimum absolute atomic E-state index is 0.115. The van der Waals surface area contributed by atoms with Crippen molar-refractivity contribution in [2.24, 2.45) is 0 Å². The van der Waals surface area contributed by atoms with E-state index in [1.54, 1.807) is 31.2 Å². The van der Waals surface area contributed by atoms with E-state index in [1.807, 2.05) is 24.3 Å². The lowest BCUT2D eigenvalue weighted by Gasteiger charge is -2.30. The number of sulfonamides is 1. The van der Waals surface area contributed by atoms with Crippen LogP contribution in [0.25, 0.3) is 15.9 Å². The Balaban J connectivity index is 1.67. The number of anilines is 1. The highest BCUT2D eigenvalue weighted by atomic mass is 32.2. The Morgan fingerprint density at radius 1 is 1.03 bits per heavy atom. The largest absolute Gasteiger partial charge is 0.334 e. The number of H-pyrrole nitrogens is 1. The fourth-order valence-corrected chi connectivity index (χ4v) is 7.26. The summed E-state index contributed by atoms with van der Waals surface area (Å²) >= 11 is 1.08. The van der Waals surface area contributed by atoms with E-state index in [0.29, 0.717) is 33.7 Å². The van der Waals surface area contributed by atoms with Gasteiger partial charge in [-0.1, -0.05) is 30.3 Å². The minimum atomic E-state index is -3.85. The third-order valence-electron chi connectivity index (χ3n) is 5.61. The van der Waals surface area contributed by atoms with Crippen LogP contribution in [0.5, 0.6) is 0 Å². The molecule has 9 heteroatoms. The fraction of sp³-hybridized carbons (Fsp3) is 0.182. The highest BCUT2D eigenvalue weighted by molar-refractivity contribution is 7.93. The second-order valence-electron chi connectivity index (χ2n) is 7.46. The smallest absolute Gasteiger partial charge is 0.306 e. The first kappa shape index (κ1) is 19.8. The number of hydrogen-bond acceptors (Lipinski definition) is 5. The van der Waals surface area contributed by atoms with Crippen LogP contribution in [0.2, 0.25) is 0 Å². The summed E-state index contributed by atoms with van der Waals surface area (Å²) in [5, 5.41) is 2.18. The molecule has 0 unspecified atom stereocenters. The van der Waals surface area contributed by atoms with Crippen molar-refractivity contribution in [2.75, 3.05) is 10.8 Å². The zero-order valence-electron chi connectivity index (χ0n) is 16.7. The van der Waals surface area contributed by atoms with Crippen molar-refractivity contribution in [3.63, 3.8) is 0 Å². The molecule has 7 nitrogen and oxygen atoms in total. The molecule has 0 bridgehead atoms. The zero-order valence-corrected chi connectivity index (χ0v) is 18.3. The van der Waals surface area contributed by atoms with Crippen LogP contribution in [-0.4, -0.2) is 24.5 Å². The zero-order chi connectivity index (χ0) is 21.8. The van der Waals surface area contributed by atoms with E-state index in [2.05, 4.69) is 4.98 Å². The number of thiophene rings is 1. The number of nitrogens with one attached hydrogen (secondary N) is 1. The molecule has 0 spiro atoms. The van der Waals surface area contributed by atoms with E-state index in [9.17, 15) is 18.0 Å². The lowest BCUT2D eigenvalue weighted by atomic mass is 10.0. The maximum atomic E-state index is 13.6. The highest BCUT2D eigenvalue weighted by Crippen LogP contribution is 2.35. The maximum absolute atomic E-state index is 13.6. The Morgan fingerprint density at radius 2 is 1.77 bits per heavy atom. The summed E-state index contributed by atoms with van der Waals surface area (Å²) < 4.78 is 29.6. The number of benzene rings is 2. The molecule has 0 radical (unpaired) electrons. The molecule has 0 aliphatic carbocycles. The first-order chi connectivity index (χ1) is 14.9. The Kier molecular flexibility index (Phi) is 4.60. The lowest BCUT2D eigenvalue weighted by molar-refractivity contribution is 0.586. The molecule has 1 aliphatic heterocycles. The predicted octanol–water partition coefficient (Wildman–Crippen LogP) is 3.19. The van der Waals surface area contributed by atoms with Crippen LogP contribution in [0, 0.1) is 6.92 Å². The third kappa shape index (κ3) is 3.03. The van der Waals surface area contributed by atoms with Gasteiger partial charge in [-0.25, -0.2) is 17.8 Å². The summed E-state index contributed by atoms with van der Waals surface area (Å²) in [5.41, 5.74) is 1.43. The highest BCUT2D eigenvalue weighted by Gasteiger charge is 2.32. The second-order valence-corrected chi connectivity index (χ2v) is 10.1. The van der Waals surface area contributed by atoms with Gasteiger partial charge in [-0.05, 0) is 43.5 Å². The average molecular weight is 454 g/mol. The molecule has 0 amide bonds. The average Bonchev–Trinajstić information content (AvgIpc) is 3.15. The molecule has 0 saturated heterocycles. The van der Waals surface area contributed by atoms with Crippen molar-refractivity contribution >= 4 is 38.0 Å². The number of hydrogen-bond donors (Lipinski definition) is 1. The van der Waals surface area contributed by atoms with Gasteiger partial charge in [0.15, 0.2) is 0 Å². The normalized spacial score (nSPS) is 14.0. The standard InChI is InChI=1S/C22H19N3O4S2/c1-14-19(31(28,29)24-12-6-8-15-7-2-5-11-18(15)24)13-30-21(14)25-20(26)16-9-3-4-10-17(16)23-22(25)27/h2-5,7,9-11,13H,6,8,12H2,1H3,(H,23,27). The molecule has 0 atom stereocenters. The summed E-state index contributed by atoms with van der Waals surface area (Å²) in [4.78, 5) is 28.5. The van der Waals surface area contributed by atoms with Crippen LogP contribution < -0.4 is 15.6 Å². The number of nitrogens with zero attached hydrogens (tertiary/aromatic N) is 2. The molecule has 1 aliphatic rings. The Morgan fingerprint density at radius 3 is 2.61 bits per heavy atom. The molecule has 1 N–H and O–H groups in total. The first-order valence-corrected chi connectivity index (χ1v) is 12.1. The van der Waals surface area contributed by atoms with E-state index >= 15 is 0 Å². The van der Waals surface area contributed by atoms with Gasteiger partial charge in [-0.2, -0.15) is 0 Å². The van der Waals surface area contributed by atoms with Crippen molar-refractivity contribution < 1.29 is 8.42 Å². The van der Waals surface area contributed by atoms with Gasteiger partial charge in [0, 0.05) is 17.5 Å². The number of para-hydroxylation sites is 2. The monoisotopic (exact) mass is 453 g/mol. The van der Waals surface area contributed by atoms with Gasteiger partial charge in [-0.15, -0.1) is 11.3 Å². The Bertz CT molecular complexity index is 1550. The molecule has 2 aromatic heterocycles. The van der Waals surface area contributed by atoms with Crippen molar-refractivity contribution in [3.8, 4) is 5.00 Å². The van der Waals surface area contributed by atoms with Gasteiger partial charge in [0.2, 0.25) is 0 Å². The molecular weight excluding hydrogens is 434 g/mol. The molecule has 0 fully saturated rings. The number of fused-ring (bicyclic) bond motifs is 2. The van der Waals surface area contributed by atoms with Gasteiger partial charge in [0.25, 0.3) is 15.6 Å². The number of aryl methyl sites for hydroxylation is 1. The second kappa shape index (κ2) is 7.21. The van der Waals surface area contributed by atoms with E-state index in [0.717, 1.165) is 34.3 Å². The van der Waals surface area contributed by atoms with Crippen LogP contribution in [0.1, 0.15) is 17.5 Å². The fourth-order valence-electron chi connectivity index (χ4n) is 4.08. The van der Waals surface area contributed by atoms with Gasteiger partial charge in [0.1, 0.15) is 9.90 Å². The third-order valence-corrected chi connectivity index (χ3v) is 8.77. The van der Waals surface area contributed by atoms with Crippen LogP contribution in [0.15, 0.2) is 68.4 Å². The first-order valence-electron chi connectivity index (χ1n) is 9.83. The lowest BCUT2D eigenvalue weighted by Crippen LogP contribution is -2.36. The molecular formula is C22H19N3O4S2. The minimum Gasteiger partial charge on any atom is -0.306 e. The summed E-state index contributed by atoms with van der Waals surface area (Å²) in [6.45, 7) is 2.02. The number of aromatic nitrogens is 2. The molecule has 4 aromatic rings. The van der Waals surface area contributed by atoms with Crippen molar-refractivity contribution in [1.82, 2.24) is 9.55 Å². The quantitative estimate of drug-likeness (QED) is 0.516. The molecule has 31 heavy (non-hydrogen) atoms. The Hall–Kier alpha value is -3.17. The predicted molar refractivity (Wildman–Crippen MR) is 122 cm³/mol. The van der Waals surface area contributed by atoms with Gasteiger partial charge >= 0.3 is 5.69 Å². The summed E-state index contributed by atoms with van der Waals surface area (Å²) in [6, 6.07) is 14.2. The Labute approximate surface area is 182 Å². The van der Waals surface area contributed by atoms with Crippen molar-refractivity contribution in [3.05, 3.63) is 85.9 Å². The molecule has 5 rings (SSSR count). The van der Waals surface area contributed by atoms with E-state index < -0.39 is 21.3 Å². The summed E-state index contributed by atoms with van der Waals surface area (Å²) in [6.07, 6.45) is 1.56. The van der Waals surface area contributed by atoms with Crippen molar-refractivity contribution in [1.29, 1.82) is 0 Å².